The van der Waals surface area contributed by atoms with Crippen molar-refractivity contribution >= 4 is 5.82 Å². The molecular formula is C11H17N3. The Kier molecular flexibility index (Phi) is 2.68. The largest absolute Gasteiger partial charge is 0.357 e. The summed E-state index contributed by atoms with van der Waals surface area (Å²) in [6, 6.07) is 4.74. The Morgan fingerprint density at radius 2 is 2.36 bits per heavy atom. The van der Waals surface area contributed by atoms with Gasteiger partial charge in [-0.2, -0.15) is 0 Å². The standard InChI is InChI=1S/C11H17N3/c1-14(10-3-2-4-10)11-7-9(8-12)5-6-13-11/h5-7,10H,2-4,8,12H2,1H3. The second kappa shape index (κ2) is 3.96. The highest BCUT2D eigenvalue weighted by Crippen LogP contribution is 2.27. The molecule has 0 bridgehead atoms. The minimum absolute atomic E-state index is 0.591. The highest BCUT2D eigenvalue weighted by molar-refractivity contribution is 5.41. The first-order valence-corrected chi connectivity index (χ1v) is 5.19. The molecule has 3 heteroatoms. The molecule has 1 heterocycles. The van der Waals surface area contributed by atoms with Gasteiger partial charge in [-0.3, -0.25) is 0 Å². The Morgan fingerprint density at radius 3 is 2.93 bits per heavy atom. The molecule has 1 aliphatic rings. The maximum Gasteiger partial charge on any atom is 0.128 e. The maximum absolute atomic E-state index is 5.60. The van der Waals surface area contributed by atoms with Gasteiger partial charge in [-0.15, -0.1) is 0 Å². The van der Waals surface area contributed by atoms with E-state index in [9.17, 15) is 0 Å². The lowest BCUT2D eigenvalue weighted by Gasteiger charge is -2.35. The van der Waals surface area contributed by atoms with Crippen LogP contribution < -0.4 is 10.6 Å². The number of rotatable bonds is 3. The molecule has 0 atom stereocenters. The summed E-state index contributed by atoms with van der Waals surface area (Å²) in [6.45, 7) is 0.591. The van der Waals surface area contributed by atoms with Crippen LogP contribution in [-0.2, 0) is 6.54 Å². The molecule has 0 saturated heterocycles. The van der Waals surface area contributed by atoms with Crippen molar-refractivity contribution in [1.82, 2.24) is 4.98 Å². The summed E-state index contributed by atoms with van der Waals surface area (Å²) in [6.07, 6.45) is 5.79. The van der Waals surface area contributed by atoms with Crippen LogP contribution in [0.4, 0.5) is 5.82 Å². The molecule has 1 aromatic rings. The second-order valence-electron chi connectivity index (χ2n) is 3.92. The van der Waals surface area contributed by atoms with Crippen LogP contribution in [0.3, 0.4) is 0 Å². The molecule has 0 radical (unpaired) electrons. The molecule has 0 amide bonds. The summed E-state index contributed by atoms with van der Waals surface area (Å²) in [5.74, 6) is 1.05. The Morgan fingerprint density at radius 1 is 1.57 bits per heavy atom. The first kappa shape index (κ1) is 9.46. The number of nitrogens with two attached hydrogens (primary N) is 1. The summed E-state index contributed by atoms with van der Waals surface area (Å²) in [7, 11) is 2.12. The minimum atomic E-state index is 0.591. The van der Waals surface area contributed by atoms with Crippen LogP contribution in [0.5, 0.6) is 0 Å². The van der Waals surface area contributed by atoms with Crippen LogP contribution in [0.15, 0.2) is 18.3 Å². The molecule has 0 aromatic carbocycles. The third kappa shape index (κ3) is 1.73. The number of hydrogen-bond donors (Lipinski definition) is 1. The van der Waals surface area contributed by atoms with E-state index in [1.807, 2.05) is 12.3 Å². The van der Waals surface area contributed by atoms with Crippen molar-refractivity contribution in [3.63, 3.8) is 0 Å². The van der Waals surface area contributed by atoms with Crippen molar-refractivity contribution in [1.29, 1.82) is 0 Å². The Hall–Kier alpha value is -1.09. The Labute approximate surface area is 84.9 Å². The van der Waals surface area contributed by atoms with E-state index in [1.165, 1.54) is 19.3 Å². The number of anilines is 1. The Bertz CT molecular complexity index is 307. The van der Waals surface area contributed by atoms with Crippen LogP contribution in [0.25, 0.3) is 0 Å². The van der Waals surface area contributed by atoms with Gasteiger partial charge < -0.3 is 10.6 Å². The molecule has 0 aliphatic heterocycles. The molecule has 14 heavy (non-hydrogen) atoms. The fourth-order valence-corrected chi connectivity index (χ4v) is 1.74. The number of pyridine rings is 1. The lowest BCUT2D eigenvalue weighted by molar-refractivity contribution is 0.399. The van der Waals surface area contributed by atoms with Crippen LogP contribution in [-0.4, -0.2) is 18.1 Å². The monoisotopic (exact) mass is 191 g/mol. The van der Waals surface area contributed by atoms with E-state index in [0.29, 0.717) is 12.6 Å². The van der Waals surface area contributed by atoms with Crippen molar-refractivity contribution in [2.45, 2.75) is 31.8 Å². The molecule has 1 fully saturated rings. The smallest absolute Gasteiger partial charge is 0.128 e. The van der Waals surface area contributed by atoms with Crippen LogP contribution in [0.2, 0.25) is 0 Å². The zero-order valence-corrected chi connectivity index (χ0v) is 8.61. The van der Waals surface area contributed by atoms with E-state index in [4.69, 9.17) is 5.73 Å². The quantitative estimate of drug-likeness (QED) is 0.787. The summed E-state index contributed by atoms with van der Waals surface area (Å²) >= 11 is 0. The van der Waals surface area contributed by atoms with Gasteiger partial charge in [-0.05, 0) is 37.0 Å². The second-order valence-corrected chi connectivity index (χ2v) is 3.92. The third-order valence-corrected chi connectivity index (χ3v) is 3.03. The lowest BCUT2D eigenvalue weighted by atomic mass is 9.92. The normalized spacial score (nSPS) is 16.4. The van der Waals surface area contributed by atoms with E-state index >= 15 is 0 Å². The first-order valence-electron chi connectivity index (χ1n) is 5.19. The van der Waals surface area contributed by atoms with E-state index in [-0.39, 0.29) is 0 Å². The summed E-state index contributed by atoms with van der Waals surface area (Å²) in [4.78, 5) is 6.63. The maximum atomic E-state index is 5.60. The highest BCUT2D eigenvalue weighted by Gasteiger charge is 2.22. The summed E-state index contributed by atoms with van der Waals surface area (Å²) in [5.41, 5.74) is 6.75. The molecule has 0 spiro atoms. The van der Waals surface area contributed by atoms with E-state index in [0.717, 1.165) is 11.4 Å². The van der Waals surface area contributed by atoms with Gasteiger partial charge >= 0.3 is 0 Å². The van der Waals surface area contributed by atoms with Gasteiger partial charge in [-0.25, -0.2) is 4.98 Å². The van der Waals surface area contributed by atoms with Gasteiger partial charge in [0.05, 0.1) is 0 Å². The fourth-order valence-electron chi connectivity index (χ4n) is 1.74. The molecule has 1 aliphatic carbocycles. The van der Waals surface area contributed by atoms with Crippen LogP contribution in [0.1, 0.15) is 24.8 Å². The predicted molar refractivity (Wildman–Crippen MR) is 58.2 cm³/mol. The topological polar surface area (TPSA) is 42.1 Å². The first-order chi connectivity index (χ1) is 6.81. The van der Waals surface area contributed by atoms with Crippen LogP contribution in [0, 0.1) is 0 Å². The molecule has 3 nitrogen and oxygen atoms in total. The highest BCUT2D eigenvalue weighted by atomic mass is 15.2. The van der Waals surface area contributed by atoms with E-state index < -0.39 is 0 Å². The van der Waals surface area contributed by atoms with Gasteiger partial charge in [0.25, 0.3) is 0 Å². The molecule has 76 valence electrons. The van der Waals surface area contributed by atoms with Crippen molar-refractivity contribution < 1.29 is 0 Å². The minimum Gasteiger partial charge on any atom is -0.357 e. The number of aromatic nitrogens is 1. The van der Waals surface area contributed by atoms with Gasteiger partial charge in [0, 0.05) is 25.8 Å². The lowest BCUT2D eigenvalue weighted by Crippen LogP contribution is -2.37. The van der Waals surface area contributed by atoms with Gasteiger partial charge in [0.2, 0.25) is 0 Å². The van der Waals surface area contributed by atoms with Crippen molar-refractivity contribution in [2.75, 3.05) is 11.9 Å². The predicted octanol–water partition coefficient (Wildman–Crippen LogP) is 1.53. The number of hydrogen-bond acceptors (Lipinski definition) is 3. The van der Waals surface area contributed by atoms with Gasteiger partial charge in [0.1, 0.15) is 5.82 Å². The molecule has 2 N–H and O–H groups in total. The van der Waals surface area contributed by atoms with E-state index in [1.54, 1.807) is 0 Å². The van der Waals surface area contributed by atoms with Gasteiger partial charge in [0.15, 0.2) is 0 Å². The van der Waals surface area contributed by atoms with Gasteiger partial charge in [-0.1, -0.05) is 0 Å². The van der Waals surface area contributed by atoms with Crippen molar-refractivity contribution in [3.05, 3.63) is 23.9 Å². The molecule has 1 saturated carbocycles. The Balaban J connectivity index is 2.13. The molecule has 2 rings (SSSR count). The third-order valence-electron chi connectivity index (χ3n) is 3.03. The average molecular weight is 191 g/mol. The SMILES string of the molecule is CN(c1cc(CN)ccn1)C1CCC1. The fraction of sp³-hybridized carbons (Fsp3) is 0.545. The summed E-state index contributed by atoms with van der Waals surface area (Å²) < 4.78 is 0. The summed E-state index contributed by atoms with van der Waals surface area (Å²) in [5, 5.41) is 0. The zero-order valence-electron chi connectivity index (χ0n) is 8.61. The average Bonchev–Trinajstić information content (AvgIpc) is 2.15. The van der Waals surface area contributed by atoms with Crippen molar-refractivity contribution in [3.8, 4) is 0 Å². The van der Waals surface area contributed by atoms with Crippen LogP contribution >= 0.6 is 0 Å². The molecule has 0 unspecified atom stereocenters. The zero-order chi connectivity index (χ0) is 9.97. The van der Waals surface area contributed by atoms with E-state index in [2.05, 4.69) is 23.0 Å². The molecule has 1 aromatic heterocycles. The van der Waals surface area contributed by atoms with Crippen molar-refractivity contribution in [2.24, 2.45) is 5.73 Å². The molecular weight excluding hydrogens is 174 g/mol. The number of nitrogens with zero attached hydrogens (tertiary/aromatic N) is 2.